The number of ether oxygens (including phenoxy) is 1. The molecule has 1 aliphatic heterocycles. The summed E-state index contributed by atoms with van der Waals surface area (Å²) < 4.78 is 13.2. The van der Waals surface area contributed by atoms with Gasteiger partial charge in [-0.2, -0.15) is 5.10 Å². The fraction of sp³-hybridized carbons (Fsp3) is 0.280. The third kappa shape index (κ3) is 4.01. The molecule has 1 atom stereocenters. The summed E-state index contributed by atoms with van der Waals surface area (Å²) in [6, 6.07) is 13.5. The van der Waals surface area contributed by atoms with Crippen LogP contribution in [0.1, 0.15) is 12.5 Å². The van der Waals surface area contributed by atoms with Crippen LogP contribution in [-0.2, 0) is 4.74 Å². The van der Waals surface area contributed by atoms with Gasteiger partial charge in [-0.25, -0.2) is 19.6 Å². The van der Waals surface area contributed by atoms with E-state index in [0.717, 1.165) is 59.4 Å². The Hall–Kier alpha value is -3.53. The van der Waals surface area contributed by atoms with Crippen LogP contribution in [0.4, 0.5) is 5.82 Å². The molecule has 0 aliphatic carbocycles. The van der Waals surface area contributed by atoms with E-state index in [2.05, 4.69) is 19.9 Å². The highest BCUT2D eigenvalue weighted by molar-refractivity contribution is 6.31. The molecule has 1 fully saturated rings. The van der Waals surface area contributed by atoms with Gasteiger partial charge in [0.15, 0.2) is 11.2 Å². The van der Waals surface area contributed by atoms with Crippen LogP contribution in [0.2, 0.25) is 5.02 Å². The molecule has 178 valence electrons. The zero-order chi connectivity index (χ0) is 23.9. The average Bonchev–Trinajstić information content (AvgIpc) is 3.59. The van der Waals surface area contributed by atoms with Crippen LogP contribution in [0.5, 0.6) is 0 Å². The van der Waals surface area contributed by atoms with Gasteiger partial charge in [-0.3, -0.25) is 4.90 Å². The molecule has 4 heterocycles. The average molecular weight is 490 g/mol. The van der Waals surface area contributed by atoms with Crippen LogP contribution < -0.4 is 5.73 Å². The molecule has 2 aromatic carbocycles. The number of nitrogens with two attached hydrogens (primary N) is 1. The van der Waals surface area contributed by atoms with Gasteiger partial charge >= 0.3 is 0 Å². The highest BCUT2D eigenvalue weighted by Gasteiger charge is 2.28. The number of halogens is 1. The Morgan fingerprint density at radius 1 is 1.14 bits per heavy atom. The second-order valence-electron chi connectivity index (χ2n) is 8.70. The highest BCUT2D eigenvalue weighted by Crippen LogP contribution is 2.35. The first-order valence-corrected chi connectivity index (χ1v) is 11.9. The smallest absolute Gasteiger partial charge is 0.227 e. The molecule has 10 heteroatoms. The van der Waals surface area contributed by atoms with Gasteiger partial charge in [0.1, 0.15) is 23.4 Å². The molecule has 0 radical (unpaired) electrons. The molecule has 6 rings (SSSR count). The summed E-state index contributed by atoms with van der Waals surface area (Å²) in [4.78, 5) is 15.7. The molecule has 1 saturated heterocycles. The number of hydrogen-bond acceptors (Lipinski definition) is 8. The summed E-state index contributed by atoms with van der Waals surface area (Å²) >= 11 is 6.08. The quantitative estimate of drug-likeness (QED) is 0.373. The van der Waals surface area contributed by atoms with E-state index >= 15 is 0 Å². The molecule has 0 spiro atoms. The van der Waals surface area contributed by atoms with Gasteiger partial charge in [0, 0.05) is 42.9 Å². The maximum Gasteiger partial charge on any atom is 0.227 e. The van der Waals surface area contributed by atoms with Crippen LogP contribution in [0.25, 0.3) is 44.8 Å². The largest absolute Gasteiger partial charge is 0.436 e. The van der Waals surface area contributed by atoms with E-state index in [1.165, 1.54) is 6.33 Å². The molecular weight excluding hydrogens is 466 g/mol. The van der Waals surface area contributed by atoms with Crippen LogP contribution in [0.3, 0.4) is 0 Å². The molecule has 1 aliphatic rings. The molecule has 9 nitrogen and oxygen atoms in total. The number of anilines is 1. The van der Waals surface area contributed by atoms with Gasteiger partial charge in [-0.1, -0.05) is 23.7 Å². The van der Waals surface area contributed by atoms with E-state index in [-0.39, 0.29) is 6.04 Å². The van der Waals surface area contributed by atoms with Crippen LogP contribution in [0.15, 0.2) is 53.2 Å². The molecule has 2 N–H and O–H groups in total. The summed E-state index contributed by atoms with van der Waals surface area (Å²) in [5.41, 5.74) is 11.0. The van der Waals surface area contributed by atoms with Crippen molar-refractivity contribution in [2.75, 3.05) is 39.1 Å². The minimum Gasteiger partial charge on any atom is -0.436 e. The molecule has 0 bridgehead atoms. The van der Waals surface area contributed by atoms with E-state index in [0.29, 0.717) is 28.9 Å². The SMILES string of the molecule is COCCN1CCC(n2nc(-c3ccc(-c4nc5cc(Cl)ccc5o4)cc3)c3c(N)ncnc32)C1. The number of benzene rings is 2. The van der Waals surface area contributed by atoms with E-state index in [1.807, 2.05) is 35.0 Å². The summed E-state index contributed by atoms with van der Waals surface area (Å²) in [7, 11) is 1.73. The number of likely N-dealkylation sites (tertiary alicyclic amines) is 1. The predicted octanol–water partition coefficient (Wildman–Crippen LogP) is 4.43. The van der Waals surface area contributed by atoms with Crippen LogP contribution >= 0.6 is 11.6 Å². The van der Waals surface area contributed by atoms with Crippen molar-refractivity contribution in [2.24, 2.45) is 0 Å². The minimum absolute atomic E-state index is 0.211. The molecule has 1 unspecified atom stereocenters. The monoisotopic (exact) mass is 489 g/mol. The summed E-state index contributed by atoms with van der Waals surface area (Å²) in [5.74, 6) is 0.958. The van der Waals surface area contributed by atoms with Gasteiger partial charge in [-0.15, -0.1) is 0 Å². The van der Waals surface area contributed by atoms with Gasteiger partial charge in [0.2, 0.25) is 5.89 Å². The molecule has 5 aromatic rings. The fourth-order valence-electron chi connectivity index (χ4n) is 4.68. The number of hydrogen-bond donors (Lipinski definition) is 1. The van der Waals surface area contributed by atoms with Crippen LogP contribution in [0, 0.1) is 0 Å². The maximum absolute atomic E-state index is 6.31. The maximum atomic E-state index is 6.31. The topological polar surface area (TPSA) is 108 Å². The number of oxazole rings is 1. The second-order valence-corrected chi connectivity index (χ2v) is 9.13. The number of rotatable bonds is 6. The number of fused-ring (bicyclic) bond motifs is 2. The standard InChI is InChI=1S/C25H24ClN7O2/c1-34-11-10-32-9-8-18(13-32)33-24-21(23(27)28-14-29-24)22(31-33)15-2-4-16(5-3-15)25-30-19-12-17(26)6-7-20(19)35-25/h2-7,12,14,18H,8-11,13H2,1H3,(H2,27,28,29). The number of nitrogens with zero attached hydrogens (tertiary/aromatic N) is 6. The zero-order valence-corrected chi connectivity index (χ0v) is 19.9. The Bertz CT molecular complexity index is 1510. The second kappa shape index (κ2) is 8.92. The Balaban J connectivity index is 1.35. The molecule has 0 amide bonds. The Labute approximate surface area is 206 Å². The predicted molar refractivity (Wildman–Crippen MR) is 135 cm³/mol. The molecular formula is C25H24ClN7O2. The first-order valence-electron chi connectivity index (χ1n) is 11.5. The van der Waals surface area contributed by atoms with Gasteiger partial charge in [0.25, 0.3) is 0 Å². The van der Waals surface area contributed by atoms with Crippen molar-refractivity contribution in [3.05, 3.63) is 53.8 Å². The molecule has 3 aromatic heterocycles. The van der Waals surface area contributed by atoms with Crippen molar-refractivity contribution in [2.45, 2.75) is 12.5 Å². The third-order valence-electron chi connectivity index (χ3n) is 6.48. The number of methoxy groups -OCH3 is 1. The number of nitrogen functional groups attached to an aromatic ring is 1. The molecule has 35 heavy (non-hydrogen) atoms. The highest BCUT2D eigenvalue weighted by atomic mass is 35.5. The summed E-state index contributed by atoms with van der Waals surface area (Å²) in [6.07, 6.45) is 2.49. The minimum atomic E-state index is 0.211. The van der Waals surface area contributed by atoms with Crippen molar-refractivity contribution in [1.29, 1.82) is 0 Å². The zero-order valence-electron chi connectivity index (χ0n) is 19.2. The lowest BCUT2D eigenvalue weighted by atomic mass is 10.1. The normalized spacial score (nSPS) is 16.6. The summed E-state index contributed by atoms with van der Waals surface area (Å²) in [6.45, 7) is 3.51. The van der Waals surface area contributed by atoms with Crippen molar-refractivity contribution in [3.63, 3.8) is 0 Å². The van der Waals surface area contributed by atoms with E-state index in [1.54, 1.807) is 19.2 Å². The van der Waals surface area contributed by atoms with Gasteiger partial charge in [-0.05, 0) is 36.8 Å². The fourth-order valence-corrected chi connectivity index (χ4v) is 4.85. The lowest BCUT2D eigenvalue weighted by molar-refractivity contribution is 0.159. The lowest BCUT2D eigenvalue weighted by Crippen LogP contribution is -2.25. The van der Waals surface area contributed by atoms with E-state index < -0.39 is 0 Å². The van der Waals surface area contributed by atoms with Crippen molar-refractivity contribution in [3.8, 4) is 22.7 Å². The van der Waals surface area contributed by atoms with Gasteiger partial charge < -0.3 is 14.9 Å². The van der Waals surface area contributed by atoms with Crippen LogP contribution in [-0.4, -0.2) is 63.0 Å². The van der Waals surface area contributed by atoms with Gasteiger partial charge in [0.05, 0.1) is 18.0 Å². The Kier molecular flexibility index (Phi) is 5.60. The van der Waals surface area contributed by atoms with E-state index in [4.69, 9.17) is 31.6 Å². The first kappa shape index (κ1) is 22.0. The molecule has 0 saturated carbocycles. The first-order chi connectivity index (χ1) is 17.1. The van der Waals surface area contributed by atoms with Crippen molar-refractivity contribution < 1.29 is 9.15 Å². The van der Waals surface area contributed by atoms with E-state index in [9.17, 15) is 0 Å². The third-order valence-corrected chi connectivity index (χ3v) is 6.71. The Morgan fingerprint density at radius 2 is 1.97 bits per heavy atom. The lowest BCUT2D eigenvalue weighted by Gasteiger charge is -2.15. The van der Waals surface area contributed by atoms with Crippen molar-refractivity contribution in [1.82, 2.24) is 29.6 Å². The summed E-state index contributed by atoms with van der Waals surface area (Å²) in [5, 5.41) is 6.38. The van der Waals surface area contributed by atoms with Crippen molar-refractivity contribution >= 4 is 39.6 Å². The number of aromatic nitrogens is 5. The Morgan fingerprint density at radius 3 is 2.80 bits per heavy atom.